The molecule has 1 aromatic rings. The number of aromatic nitrogens is 1. The molecule has 0 aliphatic carbocycles. The molecule has 26 heavy (non-hydrogen) atoms. The number of carbonyl (C=O) groups excluding carboxylic acids is 1. The summed E-state index contributed by atoms with van der Waals surface area (Å²) in [5.74, 6) is -1.41. The maximum Gasteiger partial charge on any atom is 0.410 e. The molecule has 1 atom stereocenters. The van der Waals surface area contributed by atoms with Gasteiger partial charge in [0.05, 0.1) is 18.2 Å². The Labute approximate surface area is 149 Å². The second-order valence-electron chi connectivity index (χ2n) is 7.06. The van der Waals surface area contributed by atoms with E-state index in [1.165, 1.54) is 4.90 Å². The fraction of sp³-hybridized carbons (Fsp3) is 0.588. The van der Waals surface area contributed by atoms with Crippen molar-refractivity contribution in [3.63, 3.8) is 0 Å². The number of carboxylic acids is 1. The molecule has 0 radical (unpaired) electrons. The lowest BCUT2D eigenvalue weighted by atomic mass is 10.1. The SMILES string of the molecule is CC(C)(C)OC(=O)N1CCCC(OC(F)(F)c2ccnc(C(=O)O)c2)C1. The lowest BCUT2D eigenvalue weighted by Crippen LogP contribution is -2.46. The number of ether oxygens (including phenoxy) is 2. The van der Waals surface area contributed by atoms with Crippen molar-refractivity contribution < 1.29 is 33.0 Å². The zero-order chi connectivity index (χ0) is 19.5. The summed E-state index contributed by atoms with van der Waals surface area (Å²) < 4.78 is 39.0. The summed E-state index contributed by atoms with van der Waals surface area (Å²) in [4.78, 5) is 27.8. The Bertz CT molecular complexity index is 675. The quantitative estimate of drug-likeness (QED) is 0.873. The van der Waals surface area contributed by atoms with Crippen molar-refractivity contribution in [3.05, 3.63) is 29.6 Å². The number of aromatic carboxylic acids is 1. The standard InChI is InChI=1S/C17H22F2N2O5/c1-16(2,3)26-15(24)21-8-4-5-12(10-21)25-17(18,19)11-6-7-20-13(9-11)14(22)23/h6-7,9,12H,4-5,8,10H2,1-3H3,(H,22,23). The third kappa shape index (κ3) is 5.35. The number of alkyl halides is 2. The van der Waals surface area contributed by atoms with Crippen molar-refractivity contribution in [2.45, 2.75) is 51.4 Å². The molecule has 1 fully saturated rings. The van der Waals surface area contributed by atoms with Gasteiger partial charge in [-0.3, -0.25) is 0 Å². The summed E-state index contributed by atoms with van der Waals surface area (Å²) in [6, 6.07) is 1.78. The molecule has 1 aromatic heterocycles. The van der Waals surface area contributed by atoms with Crippen LogP contribution in [0.5, 0.6) is 0 Å². The number of carboxylic acid groups (broad SMARTS) is 1. The van der Waals surface area contributed by atoms with Crippen LogP contribution in [0.1, 0.15) is 49.7 Å². The third-order valence-electron chi connectivity index (χ3n) is 3.66. The fourth-order valence-corrected chi connectivity index (χ4v) is 2.53. The van der Waals surface area contributed by atoms with Gasteiger partial charge in [-0.15, -0.1) is 0 Å². The minimum absolute atomic E-state index is 0.0264. The van der Waals surface area contributed by atoms with Crippen molar-refractivity contribution in [3.8, 4) is 0 Å². The average molecular weight is 372 g/mol. The van der Waals surface area contributed by atoms with Gasteiger partial charge in [-0.2, -0.15) is 8.78 Å². The second-order valence-corrected chi connectivity index (χ2v) is 7.06. The molecule has 0 aromatic carbocycles. The number of pyridine rings is 1. The Hall–Kier alpha value is -2.29. The fourth-order valence-electron chi connectivity index (χ4n) is 2.53. The maximum absolute atomic E-state index is 14.4. The first-order valence-corrected chi connectivity index (χ1v) is 8.21. The van der Waals surface area contributed by atoms with Crippen LogP contribution in [0.25, 0.3) is 0 Å². The van der Waals surface area contributed by atoms with Crippen LogP contribution in [0, 0.1) is 0 Å². The number of carbonyl (C=O) groups is 2. The molecule has 0 bridgehead atoms. The summed E-state index contributed by atoms with van der Waals surface area (Å²) in [5, 5.41) is 8.88. The number of rotatable bonds is 4. The topological polar surface area (TPSA) is 89.0 Å². The zero-order valence-corrected chi connectivity index (χ0v) is 14.9. The van der Waals surface area contributed by atoms with Gasteiger partial charge in [0.25, 0.3) is 0 Å². The van der Waals surface area contributed by atoms with Gasteiger partial charge in [-0.1, -0.05) is 0 Å². The molecule has 7 nitrogen and oxygen atoms in total. The van der Waals surface area contributed by atoms with E-state index in [0.717, 1.165) is 18.3 Å². The highest BCUT2D eigenvalue weighted by molar-refractivity contribution is 5.85. The van der Waals surface area contributed by atoms with Crippen molar-refractivity contribution in [2.75, 3.05) is 13.1 Å². The van der Waals surface area contributed by atoms with Crippen molar-refractivity contribution in [1.82, 2.24) is 9.88 Å². The van der Waals surface area contributed by atoms with Crippen LogP contribution in [-0.4, -0.2) is 51.8 Å². The van der Waals surface area contributed by atoms with Gasteiger partial charge in [0, 0.05) is 12.7 Å². The molecule has 1 N–H and O–H groups in total. The van der Waals surface area contributed by atoms with E-state index in [9.17, 15) is 18.4 Å². The van der Waals surface area contributed by atoms with Gasteiger partial charge >= 0.3 is 18.2 Å². The van der Waals surface area contributed by atoms with Gasteiger partial charge in [0.15, 0.2) is 0 Å². The smallest absolute Gasteiger partial charge is 0.410 e. The molecule has 0 saturated carbocycles. The molecule has 1 aliphatic rings. The number of piperidine rings is 1. The maximum atomic E-state index is 14.4. The van der Waals surface area contributed by atoms with Crippen LogP contribution in [0.2, 0.25) is 0 Å². The molecule has 0 spiro atoms. The zero-order valence-electron chi connectivity index (χ0n) is 14.9. The van der Waals surface area contributed by atoms with E-state index in [0.29, 0.717) is 19.4 Å². The molecule has 1 aliphatic heterocycles. The number of amides is 1. The van der Waals surface area contributed by atoms with Crippen LogP contribution in [0.15, 0.2) is 18.3 Å². The number of nitrogens with zero attached hydrogens (tertiary/aromatic N) is 2. The van der Waals surface area contributed by atoms with Crippen LogP contribution in [0.3, 0.4) is 0 Å². The van der Waals surface area contributed by atoms with E-state index in [1.54, 1.807) is 20.8 Å². The van der Waals surface area contributed by atoms with E-state index in [1.807, 2.05) is 0 Å². The van der Waals surface area contributed by atoms with Gasteiger partial charge in [0.1, 0.15) is 11.3 Å². The number of hydrogen-bond acceptors (Lipinski definition) is 5. The largest absolute Gasteiger partial charge is 0.477 e. The Kier molecular flexibility index (Phi) is 5.80. The normalized spacial score (nSPS) is 18.5. The minimum Gasteiger partial charge on any atom is -0.477 e. The first-order valence-electron chi connectivity index (χ1n) is 8.21. The van der Waals surface area contributed by atoms with Crippen LogP contribution in [0.4, 0.5) is 13.6 Å². The van der Waals surface area contributed by atoms with E-state index in [4.69, 9.17) is 14.6 Å². The third-order valence-corrected chi connectivity index (χ3v) is 3.66. The minimum atomic E-state index is -3.70. The highest BCUT2D eigenvalue weighted by Gasteiger charge is 2.39. The summed E-state index contributed by atoms with van der Waals surface area (Å²) in [7, 11) is 0. The van der Waals surface area contributed by atoms with Gasteiger partial charge < -0.3 is 19.5 Å². The molecule has 9 heteroatoms. The number of likely N-dealkylation sites (tertiary alicyclic amines) is 1. The first kappa shape index (κ1) is 20.0. The Balaban J connectivity index is 2.05. The van der Waals surface area contributed by atoms with Crippen LogP contribution in [-0.2, 0) is 15.6 Å². The van der Waals surface area contributed by atoms with Crippen LogP contribution >= 0.6 is 0 Å². The van der Waals surface area contributed by atoms with E-state index < -0.39 is 41.1 Å². The Morgan fingerprint density at radius 2 is 2.04 bits per heavy atom. The average Bonchev–Trinajstić information content (AvgIpc) is 2.53. The highest BCUT2D eigenvalue weighted by Crippen LogP contribution is 2.33. The Morgan fingerprint density at radius 3 is 2.65 bits per heavy atom. The Morgan fingerprint density at radius 1 is 1.35 bits per heavy atom. The monoisotopic (exact) mass is 372 g/mol. The molecule has 2 rings (SSSR count). The predicted octanol–water partition coefficient (Wildman–Crippen LogP) is 3.25. The highest BCUT2D eigenvalue weighted by atomic mass is 19.3. The van der Waals surface area contributed by atoms with E-state index in [2.05, 4.69) is 4.98 Å². The van der Waals surface area contributed by atoms with Crippen molar-refractivity contribution >= 4 is 12.1 Å². The number of hydrogen-bond donors (Lipinski definition) is 1. The summed E-state index contributed by atoms with van der Waals surface area (Å²) in [6.45, 7) is 5.54. The predicted molar refractivity (Wildman–Crippen MR) is 87.0 cm³/mol. The van der Waals surface area contributed by atoms with Crippen molar-refractivity contribution in [2.24, 2.45) is 0 Å². The molecular weight excluding hydrogens is 350 g/mol. The van der Waals surface area contributed by atoms with E-state index in [-0.39, 0.29) is 6.54 Å². The van der Waals surface area contributed by atoms with Crippen LogP contribution < -0.4 is 0 Å². The molecule has 2 heterocycles. The van der Waals surface area contributed by atoms with Gasteiger partial charge in [-0.25, -0.2) is 14.6 Å². The molecular formula is C17H22F2N2O5. The molecule has 1 saturated heterocycles. The summed E-state index contributed by atoms with van der Waals surface area (Å²) in [5.41, 5.74) is -1.77. The van der Waals surface area contributed by atoms with E-state index >= 15 is 0 Å². The lowest BCUT2D eigenvalue weighted by molar-refractivity contribution is -0.278. The second kappa shape index (κ2) is 7.53. The molecule has 144 valence electrons. The van der Waals surface area contributed by atoms with Crippen molar-refractivity contribution in [1.29, 1.82) is 0 Å². The molecule has 1 unspecified atom stereocenters. The van der Waals surface area contributed by atoms with Gasteiger partial charge in [-0.05, 0) is 45.7 Å². The summed E-state index contributed by atoms with van der Waals surface area (Å²) in [6.07, 6.45) is -3.33. The first-order chi connectivity index (χ1) is 12.0. The lowest BCUT2D eigenvalue weighted by Gasteiger charge is -2.35. The number of halogens is 2. The molecule has 1 amide bonds. The summed E-state index contributed by atoms with van der Waals surface area (Å²) >= 11 is 0. The van der Waals surface area contributed by atoms with Gasteiger partial charge in [0.2, 0.25) is 0 Å².